The third-order valence-corrected chi connectivity index (χ3v) is 10.8. The summed E-state index contributed by atoms with van der Waals surface area (Å²) in [5.41, 5.74) is 10.2. The molecule has 3 aromatic carbocycles. The van der Waals surface area contributed by atoms with Crippen LogP contribution in [0.1, 0.15) is 25.1 Å². The van der Waals surface area contributed by atoms with Crippen molar-refractivity contribution in [3.8, 4) is 12.5 Å². The number of nitrogen functional groups attached to an aromatic ring is 2. The molecule has 55 heavy (non-hydrogen) atoms. The zero-order chi connectivity index (χ0) is 40.8. The summed E-state index contributed by atoms with van der Waals surface area (Å²) in [4.78, 5) is 15.6. The summed E-state index contributed by atoms with van der Waals surface area (Å²) in [6.45, 7) is 2.28. The molecule has 20 nitrogen and oxygen atoms in total. The smallest absolute Gasteiger partial charge is 0.336 e. The van der Waals surface area contributed by atoms with Crippen molar-refractivity contribution in [2.24, 2.45) is 20.5 Å². The number of sulfone groups is 1. The van der Waals surface area contributed by atoms with E-state index in [1.54, 1.807) is 31.5 Å². The van der Waals surface area contributed by atoms with Gasteiger partial charge in [-0.3, -0.25) is 14.0 Å². The molecule has 0 spiro atoms. The number of nitrogens with zero attached hydrogens (tertiary/aromatic N) is 4. The van der Waals surface area contributed by atoms with Gasteiger partial charge in [0.2, 0.25) is 0 Å². The Bertz CT molecular complexity index is 2430. The van der Waals surface area contributed by atoms with Gasteiger partial charge in [0, 0.05) is 31.7 Å². The molecule has 4 rings (SSSR count). The molecular weight excluding hydrogens is 807 g/mol. The molecule has 0 aliphatic rings. The Kier molecular flexibility index (Phi) is 15.7. The maximum atomic E-state index is 12.7. The van der Waals surface area contributed by atoms with Crippen LogP contribution in [-0.2, 0) is 44.0 Å². The number of aromatic nitrogens is 1. The van der Waals surface area contributed by atoms with Gasteiger partial charge in [-0.1, -0.05) is 10.8 Å². The van der Waals surface area contributed by atoms with Crippen LogP contribution in [0.3, 0.4) is 0 Å². The molecule has 0 bridgehead atoms. The highest BCUT2D eigenvalue weighted by atomic mass is 32.2. The van der Waals surface area contributed by atoms with Crippen LogP contribution >= 0.6 is 12.0 Å². The van der Waals surface area contributed by atoms with Gasteiger partial charge in [-0.2, -0.15) is 21.9 Å². The Hall–Kier alpha value is -5.52. The minimum absolute atomic E-state index is 0. The van der Waals surface area contributed by atoms with Gasteiger partial charge in [-0.15, -0.1) is 15.3 Å². The van der Waals surface area contributed by atoms with E-state index < -0.39 is 73.5 Å². The molecular formula is C31H34N7O13S4+. The van der Waals surface area contributed by atoms with Crippen LogP contribution in [0.2, 0.25) is 0 Å². The van der Waals surface area contributed by atoms with Gasteiger partial charge in [0.25, 0.3) is 20.2 Å². The molecule has 0 radical (unpaired) electrons. The number of aromatic carboxylic acids is 1. The Morgan fingerprint density at radius 2 is 1.51 bits per heavy atom. The Morgan fingerprint density at radius 1 is 0.873 bits per heavy atom. The van der Waals surface area contributed by atoms with E-state index in [4.69, 9.17) is 27.7 Å². The van der Waals surface area contributed by atoms with Crippen molar-refractivity contribution in [3.63, 3.8) is 0 Å². The molecule has 0 amide bonds. The second-order valence-electron chi connectivity index (χ2n) is 10.4. The molecule has 0 unspecified atom stereocenters. The van der Waals surface area contributed by atoms with Gasteiger partial charge in [0.15, 0.2) is 28.3 Å². The van der Waals surface area contributed by atoms with Crippen LogP contribution in [0.4, 0.5) is 34.1 Å². The first-order valence-electron chi connectivity index (χ1n) is 15.1. The van der Waals surface area contributed by atoms with Gasteiger partial charge < -0.3 is 21.3 Å². The zero-order valence-electron chi connectivity index (χ0n) is 28.3. The Labute approximate surface area is 320 Å². The maximum Gasteiger partial charge on any atom is 0.336 e. The predicted molar refractivity (Wildman–Crippen MR) is 198 cm³/mol. The molecule has 0 aliphatic heterocycles. The number of pyridine rings is 1. The fourth-order valence-electron chi connectivity index (χ4n) is 4.05. The average molecular weight is 841 g/mol. The van der Waals surface area contributed by atoms with Gasteiger partial charge in [0.1, 0.15) is 26.9 Å². The SMILES string of the molecule is C#COOSc1ccc(N=Nc2c(N)c(N=Nc3ccc(S(=O)(=O)CCCOCC)cc3S(=O)(=O)O)cc(S(=O)(=O)O)c2N)cc1.O=C(O)c1cc[nH+]cc1.[HH]. The molecule has 0 atom stereocenters. The van der Waals surface area contributed by atoms with E-state index in [0.29, 0.717) is 23.1 Å². The third kappa shape index (κ3) is 13.1. The number of aromatic amines is 1. The number of nitrogens with one attached hydrogen (secondary N) is 1. The number of rotatable bonds is 16. The maximum absolute atomic E-state index is 12.7. The van der Waals surface area contributed by atoms with Crippen LogP contribution in [0.25, 0.3) is 0 Å². The Morgan fingerprint density at radius 3 is 2.07 bits per heavy atom. The lowest BCUT2D eigenvalue weighted by Crippen LogP contribution is -2.10. The minimum Gasteiger partial charge on any atom is -0.478 e. The summed E-state index contributed by atoms with van der Waals surface area (Å²) in [5.74, 6) is -1.26. The molecule has 0 saturated carbocycles. The summed E-state index contributed by atoms with van der Waals surface area (Å²) in [5, 5.41) is 23.7. The molecule has 0 fully saturated rings. The first-order valence-corrected chi connectivity index (χ1v) is 20.4. The lowest BCUT2D eigenvalue weighted by molar-refractivity contribution is -0.378. The van der Waals surface area contributed by atoms with Crippen LogP contribution in [-0.4, -0.2) is 64.4 Å². The number of terminal acetylenes is 1. The summed E-state index contributed by atoms with van der Waals surface area (Å²) in [7, 11) is -14.0. The fourth-order valence-corrected chi connectivity index (χ4v) is 7.11. The summed E-state index contributed by atoms with van der Waals surface area (Å²) in [6, 6.07) is 12.6. The first kappa shape index (κ1) is 43.9. The number of hydrogen-bond donors (Lipinski definition) is 5. The molecule has 4 aromatic rings. The highest BCUT2D eigenvalue weighted by Crippen LogP contribution is 2.43. The van der Waals surface area contributed by atoms with E-state index in [9.17, 15) is 39.2 Å². The van der Waals surface area contributed by atoms with Crippen molar-refractivity contribution in [1.82, 2.24) is 0 Å². The van der Waals surface area contributed by atoms with E-state index in [1.165, 1.54) is 24.3 Å². The molecule has 294 valence electrons. The number of carboxylic acid groups (broad SMARTS) is 1. The molecule has 0 saturated heterocycles. The molecule has 1 aromatic heterocycles. The largest absolute Gasteiger partial charge is 0.478 e. The van der Waals surface area contributed by atoms with Gasteiger partial charge >= 0.3 is 5.97 Å². The van der Waals surface area contributed by atoms with Crippen molar-refractivity contribution >= 4 is 82.2 Å². The predicted octanol–water partition coefficient (Wildman–Crippen LogP) is 5.37. The normalized spacial score (nSPS) is 11.9. The van der Waals surface area contributed by atoms with Gasteiger partial charge in [-0.05, 0) is 61.9 Å². The van der Waals surface area contributed by atoms with Crippen LogP contribution in [0.15, 0.2) is 113 Å². The van der Waals surface area contributed by atoms with Gasteiger partial charge in [0.05, 0.1) is 45.3 Å². The topological polar surface area (TPSA) is 323 Å². The van der Waals surface area contributed by atoms with E-state index in [0.717, 1.165) is 30.2 Å². The first-order chi connectivity index (χ1) is 25.9. The second kappa shape index (κ2) is 19.7. The molecule has 8 N–H and O–H groups in total. The van der Waals surface area contributed by atoms with Crippen molar-refractivity contribution in [2.75, 3.05) is 30.4 Å². The lowest BCUT2D eigenvalue weighted by atomic mass is 10.2. The average Bonchev–Trinajstić information content (AvgIpc) is 3.13. The number of H-pyrrole nitrogens is 1. The number of benzene rings is 3. The van der Waals surface area contributed by atoms with E-state index in [-0.39, 0.29) is 31.6 Å². The number of anilines is 2. The summed E-state index contributed by atoms with van der Waals surface area (Å²) >= 11 is 0.810. The number of nitrogens with two attached hydrogens (primary N) is 2. The van der Waals surface area contributed by atoms with Crippen molar-refractivity contribution < 1.29 is 64.6 Å². The fraction of sp³-hybridized carbons (Fsp3) is 0.161. The van der Waals surface area contributed by atoms with Crippen molar-refractivity contribution in [1.29, 1.82) is 0 Å². The number of hydrogen-bond acceptors (Lipinski definition) is 17. The van der Waals surface area contributed by atoms with Crippen molar-refractivity contribution in [2.45, 2.75) is 32.9 Å². The minimum atomic E-state index is -5.04. The van der Waals surface area contributed by atoms with Crippen molar-refractivity contribution in [3.05, 3.63) is 78.6 Å². The Balaban J connectivity index is 0.000000948. The second-order valence-corrected chi connectivity index (χ2v) is 16.0. The van der Waals surface area contributed by atoms with E-state index >= 15 is 0 Å². The highest BCUT2D eigenvalue weighted by molar-refractivity contribution is 7.94. The quantitative estimate of drug-likeness (QED) is 0.0138. The third-order valence-electron chi connectivity index (χ3n) is 6.62. The summed E-state index contributed by atoms with van der Waals surface area (Å²) in [6.07, 6.45) is 10.0. The molecule has 24 heteroatoms. The monoisotopic (exact) mass is 840 g/mol. The lowest BCUT2D eigenvalue weighted by Gasteiger charge is -2.11. The number of azo groups is 2. The van der Waals surface area contributed by atoms with Crippen LogP contribution in [0, 0.1) is 12.5 Å². The van der Waals surface area contributed by atoms with Gasteiger partial charge in [-0.25, -0.2) is 18.2 Å². The molecule has 1 heterocycles. The number of ether oxygens (including phenoxy) is 1. The van der Waals surface area contributed by atoms with Crippen LogP contribution in [0.5, 0.6) is 0 Å². The number of carboxylic acids is 1. The highest BCUT2D eigenvalue weighted by Gasteiger charge is 2.24. The van der Waals surface area contributed by atoms with Crippen LogP contribution < -0.4 is 16.5 Å². The van der Waals surface area contributed by atoms with E-state index in [1.807, 2.05) is 6.11 Å². The standard InChI is InChI=1S/C25H26N6O11S4.C6H5NO2.H2/c1-3-40-12-5-13-44(32,33)18-10-11-19(21(14-18)45(34,35)36)29-30-20-15-22(46(37,38)39)24(27)25(23(20)26)31-28-16-6-8-17(9-7-16)43-42-41-4-2;8-6(9)5-1-3-7-4-2-5;/h2,6-11,14-15H,3,5,12-13,26-27H2,1H3,(H,34,35,36)(H,37,38,39);1-4H,(H,8,9);1H/p+1. The number of carbonyl (C=O) groups is 1. The molecule has 0 aliphatic carbocycles. The summed E-state index contributed by atoms with van der Waals surface area (Å²) < 4.78 is 103. The van der Waals surface area contributed by atoms with E-state index in [2.05, 4.69) is 34.7 Å². The zero-order valence-corrected chi connectivity index (χ0v) is 31.6.